The lowest BCUT2D eigenvalue weighted by atomic mass is 9.93. The third-order valence-corrected chi connectivity index (χ3v) is 4.95. The molecule has 0 saturated carbocycles. The van der Waals surface area contributed by atoms with E-state index in [-0.39, 0.29) is 0 Å². The summed E-state index contributed by atoms with van der Waals surface area (Å²) in [5, 5.41) is 6.10. The molecule has 2 rings (SSSR count). The van der Waals surface area contributed by atoms with Gasteiger partial charge in [-0.15, -0.1) is 11.3 Å². The molecule has 0 bridgehead atoms. The number of hydrogen-bond acceptors (Lipinski definition) is 2. The van der Waals surface area contributed by atoms with Gasteiger partial charge in [0.1, 0.15) is 0 Å². The van der Waals surface area contributed by atoms with E-state index in [2.05, 4.69) is 37.5 Å². The van der Waals surface area contributed by atoms with E-state index < -0.39 is 0 Å². The highest BCUT2D eigenvalue weighted by Gasteiger charge is 2.22. The van der Waals surface area contributed by atoms with Crippen LogP contribution in [-0.2, 0) is 6.42 Å². The molecule has 0 aliphatic heterocycles. The minimum absolute atomic E-state index is 0.619. The Bertz CT molecular complexity index is 356. The summed E-state index contributed by atoms with van der Waals surface area (Å²) in [6, 6.07) is 3.60. The average molecular weight is 265 g/mol. The van der Waals surface area contributed by atoms with E-state index in [1.807, 2.05) is 11.3 Å². The lowest BCUT2D eigenvalue weighted by Gasteiger charge is -2.27. The van der Waals surface area contributed by atoms with Crippen LogP contribution >= 0.6 is 11.3 Å². The number of rotatable bonds is 6. The molecule has 0 amide bonds. The van der Waals surface area contributed by atoms with E-state index in [1.165, 1.54) is 38.5 Å². The fraction of sp³-hybridized carbons (Fsp3) is 0.750. The maximum atomic E-state index is 3.84. The molecule has 1 aromatic heterocycles. The number of thiophene rings is 1. The zero-order valence-corrected chi connectivity index (χ0v) is 12.9. The predicted octanol–water partition coefficient (Wildman–Crippen LogP) is 4.93. The Balaban J connectivity index is 1.80. The molecule has 0 fully saturated rings. The van der Waals surface area contributed by atoms with Crippen LogP contribution in [0.25, 0.3) is 0 Å². The van der Waals surface area contributed by atoms with Crippen molar-refractivity contribution in [1.29, 1.82) is 0 Å². The van der Waals surface area contributed by atoms with Crippen molar-refractivity contribution < 1.29 is 0 Å². The molecule has 0 aromatic carbocycles. The standard InChI is InChI=1S/C16H27NS/c1-12(2)6-4-7-13(3)17-15-8-5-9-16-14(15)10-11-18-16/h10-13,15,17H,4-9H2,1-3H3. The fourth-order valence-electron chi connectivity index (χ4n) is 2.92. The average Bonchev–Trinajstić information content (AvgIpc) is 2.77. The smallest absolute Gasteiger partial charge is 0.0333 e. The highest BCUT2D eigenvalue weighted by Crippen LogP contribution is 2.33. The van der Waals surface area contributed by atoms with Gasteiger partial charge in [-0.2, -0.15) is 0 Å². The van der Waals surface area contributed by atoms with Gasteiger partial charge in [0, 0.05) is 17.0 Å². The van der Waals surface area contributed by atoms with Gasteiger partial charge in [0.25, 0.3) is 0 Å². The van der Waals surface area contributed by atoms with Gasteiger partial charge in [-0.05, 0) is 55.5 Å². The van der Waals surface area contributed by atoms with E-state index in [0.29, 0.717) is 12.1 Å². The van der Waals surface area contributed by atoms with Gasteiger partial charge < -0.3 is 5.32 Å². The molecule has 102 valence electrons. The van der Waals surface area contributed by atoms with Gasteiger partial charge in [0.05, 0.1) is 0 Å². The molecule has 1 aliphatic rings. The predicted molar refractivity (Wildman–Crippen MR) is 81.3 cm³/mol. The normalized spacial score (nSPS) is 21.0. The summed E-state index contributed by atoms with van der Waals surface area (Å²) >= 11 is 1.94. The first-order valence-corrected chi connectivity index (χ1v) is 8.37. The molecule has 2 unspecified atom stereocenters. The van der Waals surface area contributed by atoms with E-state index in [1.54, 1.807) is 10.4 Å². The number of fused-ring (bicyclic) bond motifs is 1. The molecular weight excluding hydrogens is 238 g/mol. The van der Waals surface area contributed by atoms with Gasteiger partial charge in [-0.25, -0.2) is 0 Å². The summed E-state index contributed by atoms with van der Waals surface area (Å²) < 4.78 is 0. The molecule has 1 nitrogen and oxygen atoms in total. The van der Waals surface area contributed by atoms with Gasteiger partial charge >= 0.3 is 0 Å². The van der Waals surface area contributed by atoms with Crippen LogP contribution in [0.4, 0.5) is 0 Å². The molecule has 1 aromatic rings. The van der Waals surface area contributed by atoms with Crippen molar-refractivity contribution in [1.82, 2.24) is 5.32 Å². The molecule has 0 radical (unpaired) electrons. The van der Waals surface area contributed by atoms with Crippen molar-refractivity contribution in [2.24, 2.45) is 5.92 Å². The molecule has 0 spiro atoms. The summed E-state index contributed by atoms with van der Waals surface area (Å²) in [4.78, 5) is 1.62. The van der Waals surface area contributed by atoms with Crippen molar-refractivity contribution in [2.45, 2.75) is 71.4 Å². The second kappa shape index (κ2) is 6.72. The Morgan fingerprint density at radius 1 is 1.33 bits per heavy atom. The van der Waals surface area contributed by atoms with Crippen LogP contribution in [-0.4, -0.2) is 6.04 Å². The molecular formula is C16H27NS. The van der Waals surface area contributed by atoms with E-state index in [0.717, 1.165) is 5.92 Å². The number of nitrogens with one attached hydrogen (secondary N) is 1. The summed E-state index contributed by atoms with van der Waals surface area (Å²) in [7, 11) is 0. The largest absolute Gasteiger partial charge is 0.307 e. The van der Waals surface area contributed by atoms with Gasteiger partial charge in [-0.1, -0.05) is 26.7 Å². The second-order valence-corrected chi connectivity index (χ2v) is 7.14. The van der Waals surface area contributed by atoms with Gasteiger partial charge in [-0.3, -0.25) is 0 Å². The van der Waals surface area contributed by atoms with Gasteiger partial charge in [0.2, 0.25) is 0 Å². The Morgan fingerprint density at radius 2 is 2.17 bits per heavy atom. The maximum absolute atomic E-state index is 3.84. The van der Waals surface area contributed by atoms with Crippen LogP contribution in [0.5, 0.6) is 0 Å². The van der Waals surface area contributed by atoms with E-state index in [4.69, 9.17) is 0 Å². The molecule has 1 heterocycles. The molecule has 18 heavy (non-hydrogen) atoms. The van der Waals surface area contributed by atoms with Crippen LogP contribution in [0.1, 0.15) is 69.4 Å². The second-order valence-electron chi connectivity index (χ2n) is 6.14. The van der Waals surface area contributed by atoms with Crippen LogP contribution in [0.15, 0.2) is 11.4 Å². The molecule has 2 atom stereocenters. The number of aryl methyl sites for hydroxylation is 1. The minimum Gasteiger partial charge on any atom is -0.307 e. The Kier molecular flexibility index (Phi) is 5.25. The first kappa shape index (κ1) is 14.1. The highest BCUT2D eigenvalue weighted by molar-refractivity contribution is 7.10. The third kappa shape index (κ3) is 3.83. The van der Waals surface area contributed by atoms with Crippen LogP contribution in [0.2, 0.25) is 0 Å². The Morgan fingerprint density at radius 3 is 2.94 bits per heavy atom. The summed E-state index contributed by atoms with van der Waals surface area (Å²) in [6.45, 7) is 6.98. The van der Waals surface area contributed by atoms with Crippen molar-refractivity contribution in [3.05, 3.63) is 21.9 Å². The first-order valence-electron chi connectivity index (χ1n) is 7.49. The SMILES string of the molecule is CC(C)CCCC(C)NC1CCCc2sccc21. The van der Waals surface area contributed by atoms with Crippen molar-refractivity contribution >= 4 is 11.3 Å². The first-order chi connectivity index (χ1) is 8.66. The van der Waals surface area contributed by atoms with Crippen molar-refractivity contribution in [3.63, 3.8) is 0 Å². The highest BCUT2D eigenvalue weighted by atomic mass is 32.1. The van der Waals surface area contributed by atoms with E-state index >= 15 is 0 Å². The molecule has 1 aliphatic carbocycles. The third-order valence-electron chi connectivity index (χ3n) is 3.96. The molecule has 2 heteroatoms. The van der Waals surface area contributed by atoms with Crippen LogP contribution in [0.3, 0.4) is 0 Å². The maximum Gasteiger partial charge on any atom is 0.0333 e. The zero-order chi connectivity index (χ0) is 13.0. The number of hydrogen-bond donors (Lipinski definition) is 1. The minimum atomic E-state index is 0.619. The summed E-state index contributed by atoms with van der Waals surface area (Å²) in [6.07, 6.45) is 8.00. The van der Waals surface area contributed by atoms with Crippen molar-refractivity contribution in [3.8, 4) is 0 Å². The van der Waals surface area contributed by atoms with Crippen molar-refractivity contribution in [2.75, 3.05) is 0 Å². The molecule has 1 N–H and O–H groups in total. The summed E-state index contributed by atoms with van der Waals surface area (Å²) in [5.41, 5.74) is 1.59. The van der Waals surface area contributed by atoms with Crippen LogP contribution < -0.4 is 5.32 Å². The van der Waals surface area contributed by atoms with Gasteiger partial charge in [0.15, 0.2) is 0 Å². The lowest BCUT2D eigenvalue weighted by Crippen LogP contribution is -2.32. The monoisotopic (exact) mass is 265 g/mol. The molecule has 0 saturated heterocycles. The summed E-state index contributed by atoms with van der Waals surface area (Å²) in [5.74, 6) is 0.843. The lowest BCUT2D eigenvalue weighted by molar-refractivity contribution is 0.382. The topological polar surface area (TPSA) is 12.0 Å². The fourth-order valence-corrected chi connectivity index (χ4v) is 3.91. The van der Waals surface area contributed by atoms with E-state index in [9.17, 15) is 0 Å². The Hall–Kier alpha value is -0.340. The quantitative estimate of drug-likeness (QED) is 0.769. The Labute approximate surface area is 116 Å². The van der Waals surface area contributed by atoms with Crippen LogP contribution in [0, 0.1) is 5.92 Å². The zero-order valence-electron chi connectivity index (χ0n) is 12.0.